The minimum atomic E-state index is -1.08. The number of carboxylic acids is 1. The number of hydrogen-bond donors (Lipinski definition) is 5. The smallest absolute Gasteiger partial charge is 0.411 e. The first-order valence-electron chi connectivity index (χ1n) is 12.8. The number of carboxylic acid groups (broad SMARTS) is 1. The van der Waals surface area contributed by atoms with E-state index in [0.717, 1.165) is 21.9 Å². The molecule has 0 fully saturated rings. The Bertz CT molecular complexity index is 1600. The van der Waals surface area contributed by atoms with Crippen molar-refractivity contribution >= 4 is 45.9 Å². The highest BCUT2D eigenvalue weighted by Crippen LogP contribution is 2.29. The third kappa shape index (κ3) is 5.96. The molecule has 3 heterocycles. The van der Waals surface area contributed by atoms with Crippen molar-refractivity contribution in [2.24, 2.45) is 0 Å². The Balaban J connectivity index is 1.56. The SMILES string of the molecule is Cc1cc2ccc1CCOC(=O)Nc1cccc(c1)C(CC(=O)O)NC(=O)C2Nc1ccc2c(N)nccc2c1. The highest BCUT2D eigenvalue weighted by atomic mass is 16.5. The minimum absolute atomic E-state index is 0.171. The molecule has 2 unspecified atom stereocenters. The number of aliphatic carboxylic acids is 1. The van der Waals surface area contributed by atoms with Crippen molar-refractivity contribution in [3.05, 3.63) is 95.2 Å². The van der Waals surface area contributed by atoms with Gasteiger partial charge in [0.15, 0.2) is 0 Å². The lowest BCUT2D eigenvalue weighted by atomic mass is 9.96. The van der Waals surface area contributed by atoms with E-state index in [9.17, 15) is 19.5 Å². The van der Waals surface area contributed by atoms with E-state index in [4.69, 9.17) is 10.5 Å². The van der Waals surface area contributed by atoms with Gasteiger partial charge < -0.3 is 26.2 Å². The first-order chi connectivity index (χ1) is 19.3. The van der Waals surface area contributed by atoms with Gasteiger partial charge in [0.1, 0.15) is 11.9 Å². The number of rotatable bonds is 4. The second-order valence-electron chi connectivity index (χ2n) is 9.69. The van der Waals surface area contributed by atoms with Gasteiger partial charge in [0.2, 0.25) is 5.91 Å². The van der Waals surface area contributed by atoms with Crippen LogP contribution in [0, 0.1) is 6.92 Å². The number of carbonyl (C=O) groups excluding carboxylic acids is 2. The Morgan fingerprint density at radius 3 is 2.75 bits per heavy atom. The highest BCUT2D eigenvalue weighted by molar-refractivity contribution is 5.94. The molecule has 204 valence electrons. The number of carbonyl (C=O) groups is 3. The van der Waals surface area contributed by atoms with Gasteiger partial charge in [0, 0.05) is 29.4 Å². The number of nitrogen functional groups attached to an aromatic ring is 1. The lowest BCUT2D eigenvalue weighted by Crippen LogP contribution is -2.37. The van der Waals surface area contributed by atoms with Gasteiger partial charge >= 0.3 is 12.1 Å². The molecule has 40 heavy (non-hydrogen) atoms. The number of ether oxygens (including phenoxy) is 1. The molecule has 4 aromatic rings. The minimum Gasteiger partial charge on any atom is -0.481 e. The first kappa shape index (κ1) is 26.5. The second-order valence-corrected chi connectivity index (χ2v) is 9.69. The second kappa shape index (κ2) is 11.3. The van der Waals surface area contributed by atoms with Crippen LogP contribution in [0.25, 0.3) is 10.8 Å². The highest BCUT2D eigenvalue weighted by Gasteiger charge is 2.26. The van der Waals surface area contributed by atoms with Crippen LogP contribution in [0.4, 0.5) is 22.0 Å². The van der Waals surface area contributed by atoms with Gasteiger partial charge in [-0.15, -0.1) is 0 Å². The van der Waals surface area contributed by atoms with E-state index in [1.807, 2.05) is 49.4 Å². The number of benzene rings is 3. The van der Waals surface area contributed by atoms with Crippen LogP contribution >= 0.6 is 0 Å². The van der Waals surface area contributed by atoms with Crippen molar-refractivity contribution in [3.63, 3.8) is 0 Å². The van der Waals surface area contributed by atoms with E-state index < -0.39 is 30.1 Å². The van der Waals surface area contributed by atoms with E-state index in [2.05, 4.69) is 20.9 Å². The van der Waals surface area contributed by atoms with E-state index in [0.29, 0.717) is 34.7 Å². The standard InChI is InChI=1S/C30H29N5O5/c1-17-13-21-6-5-18(17)10-12-40-30(39)34-22-4-2-3-20(15-22)25(16-26(36)37)35-29(38)27(21)33-23-7-8-24-19(14-23)9-11-32-28(24)31/h2-9,11,13-15,25,27,33H,10,12,16H2,1H3,(H2,31,32)(H,34,39)(H,35,38)(H,36,37). The number of nitrogens with zero attached hydrogens (tertiary/aromatic N) is 1. The zero-order valence-corrected chi connectivity index (χ0v) is 21.8. The number of aromatic nitrogens is 1. The fourth-order valence-corrected chi connectivity index (χ4v) is 4.86. The van der Waals surface area contributed by atoms with Crippen molar-refractivity contribution in [2.75, 3.05) is 23.0 Å². The summed E-state index contributed by atoms with van der Waals surface area (Å²) in [6.45, 7) is 2.10. The van der Waals surface area contributed by atoms with Gasteiger partial charge in [-0.05, 0) is 71.0 Å². The molecule has 4 bridgehead atoms. The molecule has 10 nitrogen and oxygen atoms in total. The fourth-order valence-electron chi connectivity index (χ4n) is 4.86. The van der Waals surface area contributed by atoms with Crippen LogP contribution in [-0.2, 0) is 20.7 Å². The van der Waals surface area contributed by atoms with Gasteiger partial charge in [0.25, 0.3) is 0 Å². The molecule has 0 saturated heterocycles. The van der Waals surface area contributed by atoms with Gasteiger partial charge in [0.05, 0.1) is 19.1 Å². The Kier molecular flexibility index (Phi) is 7.50. The summed E-state index contributed by atoms with van der Waals surface area (Å²) in [5.74, 6) is -1.07. The third-order valence-corrected chi connectivity index (χ3v) is 6.90. The molecule has 2 atom stereocenters. The number of amides is 2. The first-order valence-corrected chi connectivity index (χ1v) is 12.8. The van der Waals surface area contributed by atoms with Gasteiger partial charge in [-0.25, -0.2) is 9.78 Å². The summed E-state index contributed by atoms with van der Waals surface area (Å²) in [4.78, 5) is 42.1. The number of aryl methyl sites for hydroxylation is 1. The van der Waals surface area contributed by atoms with Crippen LogP contribution in [0.3, 0.4) is 0 Å². The average Bonchev–Trinajstić information content (AvgIpc) is 2.92. The van der Waals surface area contributed by atoms with Crippen LogP contribution < -0.4 is 21.7 Å². The van der Waals surface area contributed by atoms with E-state index in [1.54, 1.807) is 30.5 Å². The molecule has 0 saturated carbocycles. The molecule has 6 rings (SSSR count). The summed E-state index contributed by atoms with van der Waals surface area (Å²) in [5, 5.41) is 20.2. The summed E-state index contributed by atoms with van der Waals surface area (Å²) in [6.07, 6.45) is 1.16. The zero-order valence-electron chi connectivity index (χ0n) is 21.8. The predicted octanol–water partition coefficient (Wildman–Crippen LogP) is 4.72. The van der Waals surface area contributed by atoms with Crippen molar-refractivity contribution in [3.8, 4) is 0 Å². The van der Waals surface area contributed by atoms with Crippen molar-refractivity contribution in [1.82, 2.24) is 10.3 Å². The molecule has 3 aromatic carbocycles. The number of hydrogen-bond acceptors (Lipinski definition) is 7. The number of nitrogens with two attached hydrogens (primary N) is 1. The molecule has 0 spiro atoms. The lowest BCUT2D eigenvalue weighted by Gasteiger charge is -2.25. The molecule has 2 aliphatic rings. The maximum Gasteiger partial charge on any atom is 0.411 e. The fraction of sp³-hybridized carbons (Fsp3) is 0.200. The normalized spacial score (nSPS) is 17.5. The Morgan fingerprint density at radius 2 is 1.95 bits per heavy atom. The molecule has 6 N–H and O–H groups in total. The summed E-state index contributed by atoms with van der Waals surface area (Å²) in [7, 11) is 0. The van der Waals surface area contributed by atoms with Crippen LogP contribution in [0.5, 0.6) is 0 Å². The van der Waals surface area contributed by atoms with E-state index in [-0.39, 0.29) is 13.0 Å². The topological polar surface area (TPSA) is 156 Å². The maximum atomic E-state index is 13.9. The Labute approximate surface area is 230 Å². The van der Waals surface area contributed by atoms with Gasteiger partial charge in [-0.2, -0.15) is 0 Å². The summed E-state index contributed by atoms with van der Waals surface area (Å²) < 4.78 is 5.36. The average molecular weight is 540 g/mol. The Morgan fingerprint density at radius 1 is 1.10 bits per heavy atom. The largest absolute Gasteiger partial charge is 0.481 e. The molecule has 10 heteroatoms. The molecule has 1 aromatic heterocycles. The van der Waals surface area contributed by atoms with Crippen LogP contribution in [-0.4, -0.2) is 34.7 Å². The van der Waals surface area contributed by atoms with Crippen LogP contribution in [0.1, 0.15) is 40.8 Å². The molecule has 0 aliphatic carbocycles. The lowest BCUT2D eigenvalue weighted by molar-refractivity contribution is -0.137. The monoisotopic (exact) mass is 539 g/mol. The predicted molar refractivity (Wildman–Crippen MR) is 152 cm³/mol. The Hall–Kier alpha value is -5.12. The van der Waals surface area contributed by atoms with Crippen molar-refractivity contribution in [2.45, 2.75) is 31.8 Å². The molecular formula is C30H29N5O5. The van der Waals surface area contributed by atoms with Crippen molar-refractivity contribution < 1.29 is 24.2 Å². The number of pyridine rings is 1. The van der Waals surface area contributed by atoms with Crippen LogP contribution in [0.2, 0.25) is 0 Å². The van der Waals surface area contributed by atoms with E-state index in [1.165, 1.54) is 0 Å². The van der Waals surface area contributed by atoms with Crippen LogP contribution in [0.15, 0.2) is 72.9 Å². The third-order valence-electron chi connectivity index (χ3n) is 6.90. The van der Waals surface area contributed by atoms with Gasteiger partial charge in [-0.1, -0.05) is 30.3 Å². The summed E-state index contributed by atoms with van der Waals surface area (Å²) in [5.41, 5.74) is 10.2. The maximum absolute atomic E-state index is 13.9. The molecule has 2 amide bonds. The molecule has 0 radical (unpaired) electrons. The number of nitrogens with one attached hydrogen (secondary N) is 3. The number of anilines is 3. The summed E-state index contributed by atoms with van der Waals surface area (Å²) >= 11 is 0. The quantitative estimate of drug-likeness (QED) is 0.250. The molecular weight excluding hydrogens is 510 g/mol. The van der Waals surface area contributed by atoms with Crippen molar-refractivity contribution in [1.29, 1.82) is 0 Å². The summed E-state index contributed by atoms with van der Waals surface area (Å²) in [6, 6.07) is 18.0. The van der Waals surface area contributed by atoms with Gasteiger partial charge in [-0.3, -0.25) is 14.9 Å². The molecule has 2 aliphatic heterocycles. The number of fused-ring (bicyclic) bond motifs is 10. The van der Waals surface area contributed by atoms with E-state index >= 15 is 0 Å². The zero-order chi connectivity index (χ0) is 28.2.